The van der Waals surface area contributed by atoms with Crippen molar-refractivity contribution in [2.75, 3.05) is 46.4 Å². The Hall–Kier alpha value is -2.27. The fraction of sp³-hybridized carbons (Fsp3) is 0.630. The van der Waals surface area contributed by atoms with E-state index in [0.29, 0.717) is 25.9 Å². The average molecular weight is 535 g/mol. The number of aldehydes is 1. The predicted molar refractivity (Wildman–Crippen MR) is 146 cm³/mol. The first kappa shape index (κ1) is 31.0. The molecule has 0 bridgehead atoms. The molecule has 3 atom stereocenters. The zero-order chi connectivity index (χ0) is 27.4. The molecule has 2 rings (SSSR count). The Bertz CT molecular complexity index is 892. The smallest absolute Gasteiger partial charge is 0.246 e. The molecule has 2 N–H and O–H groups in total. The predicted octanol–water partition coefficient (Wildman–Crippen LogP) is 1.70. The average Bonchev–Trinajstić information content (AvgIpc) is 2.88. The zero-order valence-electron chi connectivity index (χ0n) is 22.7. The maximum Gasteiger partial charge on any atom is 0.246 e. The number of rotatable bonds is 14. The lowest BCUT2D eigenvalue weighted by molar-refractivity contribution is -0.134. The minimum absolute atomic E-state index is 0.0170. The van der Waals surface area contributed by atoms with Crippen molar-refractivity contribution in [2.45, 2.75) is 57.6 Å². The SMILES string of the molecule is CCC(C)(NC(=O)C(SC(=O)CN1CCN(C)CC1)C(C)C)C(=O)NC(C=O)COCc1ccccc1. The number of hydrogen-bond acceptors (Lipinski definition) is 8. The summed E-state index contributed by atoms with van der Waals surface area (Å²) in [5.41, 5.74) is -0.282. The number of ether oxygens (including phenoxy) is 1. The lowest BCUT2D eigenvalue weighted by Gasteiger charge is -2.33. The normalized spacial score (nSPS) is 18.0. The van der Waals surface area contributed by atoms with Gasteiger partial charge in [0.15, 0.2) is 0 Å². The Balaban J connectivity index is 1.92. The fourth-order valence-corrected chi connectivity index (χ4v) is 4.81. The van der Waals surface area contributed by atoms with E-state index in [9.17, 15) is 19.2 Å². The second-order valence-corrected chi connectivity index (χ2v) is 11.3. The van der Waals surface area contributed by atoms with Crippen LogP contribution in [0.25, 0.3) is 0 Å². The summed E-state index contributed by atoms with van der Waals surface area (Å²) < 4.78 is 5.60. The van der Waals surface area contributed by atoms with Crippen LogP contribution < -0.4 is 10.6 Å². The Labute approximate surface area is 225 Å². The maximum absolute atomic E-state index is 13.2. The maximum atomic E-state index is 13.2. The first-order valence-corrected chi connectivity index (χ1v) is 13.8. The third-order valence-electron chi connectivity index (χ3n) is 6.57. The molecule has 1 saturated heterocycles. The quantitative estimate of drug-likeness (QED) is 0.348. The van der Waals surface area contributed by atoms with Crippen molar-refractivity contribution < 1.29 is 23.9 Å². The number of nitrogens with one attached hydrogen (secondary N) is 2. The van der Waals surface area contributed by atoms with Crippen LogP contribution in [-0.4, -0.2) is 96.2 Å². The minimum Gasteiger partial charge on any atom is -0.374 e. The summed E-state index contributed by atoms with van der Waals surface area (Å²) in [4.78, 5) is 55.0. The van der Waals surface area contributed by atoms with Gasteiger partial charge in [0, 0.05) is 26.2 Å². The standard InChI is InChI=1S/C27H42N4O5S/c1-6-27(4,26(35)28-22(17-32)19-36-18-21-10-8-7-9-11-21)29-25(34)24(20(2)3)37-23(33)16-31-14-12-30(5)13-15-31/h7-11,17,20,22,24H,6,12-16,18-19H2,1-5H3,(H,28,35)(H,29,34). The van der Waals surface area contributed by atoms with Gasteiger partial charge in [-0.3, -0.25) is 19.3 Å². The van der Waals surface area contributed by atoms with Crippen LogP contribution in [-0.2, 0) is 30.5 Å². The molecular weight excluding hydrogens is 492 g/mol. The van der Waals surface area contributed by atoms with Gasteiger partial charge < -0.3 is 25.1 Å². The van der Waals surface area contributed by atoms with E-state index in [1.807, 2.05) is 44.2 Å². The van der Waals surface area contributed by atoms with E-state index in [-0.39, 0.29) is 23.5 Å². The highest BCUT2D eigenvalue weighted by atomic mass is 32.2. The Morgan fingerprint density at radius 1 is 1.14 bits per heavy atom. The van der Waals surface area contributed by atoms with Crippen molar-refractivity contribution in [3.05, 3.63) is 35.9 Å². The van der Waals surface area contributed by atoms with Crippen LogP contribution in [0.1, 0.15) is 39.7 Å². The van der Waals surface area contributed by atoms with Crippen molar-refractivity contribution in [1.29, 1.82) is 0 Å². The van der Waals surface area contributed by atoms with E-state index in [2.05, 4.69) is 27.5 Å². The third kappa shape index (κ3) is 10.2. The topological polar surface area (TPSA) is 108 Å². The molecular formula is C27H42N4O5S. The van der Waals surface area contributed by atoms with E-state index < -0.39 is 22.7 Å². The van der Waals surface area contributed by atoms with Crippen LogP contribution in [0.5, 0.6) is 0 Å². The van der Waals surface area contributed by atoms with Gasteiger partial charge in [-0.15, -0.1) is 0 Å². The minimum atomic E-state index is -1.24. The van der Waals surface area contributed by atoms with Gasteiger partial charge in [-0.05, 0) is 31.9 Å². The van der Waals surface area contributed by atoms with E-state index in [1.54, 1.807) is 13.8 Å². The van der Waals surface area contributed by atoms with Crippen molar-refractivity contribution in [1.82, 2.24) is 20.4 Å². The molecule has 1 aromatic rings. The molecule has 0 saturated carbocycles. The van der Waals surface area contributed by atoms with Crippen LogP contribution in [0, 0.1) is 5.92 Å². The Morgan fingerprint density at radius 2 is 1.78 bits per heavy atom. The van der Waals surface area contributed by atoms with Crippen LogP contribution in [0.2, 0.25) is 0 Å². The lowest BCUT2D eigenvalue weighted by atomic mass is 9.96. The highest BCUT2D eigenvalue weighted by Crippen LogP contribution is 2.23. The van der Waals surface area contributed by atoms with Crippen LogP contribution >= 0.6 is 11.8 Å². The Morgan fingerprint density at radius 3 is 2.35 bits per heavy atom. The molecule has 37 heavy (non-hydrogen) atoms. The molecule has 206 valence electrons. The van der Waals surface area contributed by atoms with Gasteiger partial charge in [-0.2, -0.15) is 0 Å². The molecule has 2 amide bonds. The Kier molecular flexibility index (Phi) is 12.7. The number of carbonyl (C=O) groups is 4. The largest absolute Gasteiger partial charge is 0.374 e. The molecule has 1 fully saturated rings. The molecule has 9 nitrogen and oxygen atoms in total. The van der Waals surface area contributed by atoms with Crippen molar-refractivity contribution in [2.24, 2.45) is 5.92 Å². The zero-order valence-corrected chi connectivity index (χ0v) is 23.5. The molecule has 1 aliphatic rings. The molecule has 0 aliphatic carbocycles. The second-order valence-electron chi connectivity index (χ2n) is 10.1. The molecule has 10 heteroatoms. The second kappa shape index (κ2) is 15.2. The number of hydrogen-bond donors (Lipinski definition) is 2. The third-order valence-corrected chi connectivity index (χ3v) is 7.97. The van der Waals surface area contributed by atoms with Crippen molar-refractivity contribution in [3.8, 4) is 0 Å². The van der Waals surface area contributed by atoms with Gasteiger partial charge in [0.2, 0.25) is 16.9 Å². The van der Waals surface area contributed by atoms with Gasteiger partial charge in [0.25, 0.3) is 0 Å². The molecule has 0 radical (unpaired) electrons. The van der Waals surface area contributed by atoms with E-state index >= 15 is 0 Å². The van der Waals surface area contributed by atoms with Crippen molar-refractivity contribution >= 4 is 35.0 Å². The fourth-order valence-electron chi connectivity index (χ4n) is 3.83. The highest BCUT2D eigenvalue weighted by molar-refractivity contribution is 8.14. The lowest BCUT2D eigenvalue weighted by Crippen LogP contribution is -2.60. The molecule has 1 aromatic carbocycles. The van der Waals surface area contributed by atoms with E-state index in [1.165, 1.54) is 0 Å². The summed E-state index contributed by atoms with van der Waals surface area (Å²) in [5, 5.41) is 4.85. The molecule has 3 unspecified atom stereocenters. The van der Waals surface area contributed by atoms with Gasteiger partial charge in [-0.1, -0.05) is 62.9 Å². The van der Waals surface area contributed by atoms with Crippen LogP contribution in [0.3, 0.4) is 0 Å². The number of amides is 2. The number of nitrogens with zero attached hydrogens (tertiary/aromatic N) is 2. The summed E-state index contributed by atoms with van der Waals surface area (Å²) in [6.45, 7) is 11.3. The van der Waals surface area contributed by atoms with E-state index in [4.69, 9.17) is 4.74 Å². The molecule has 0 aromatic heterocycles. The highest BCUT2D eigenvalue weighted by Gasteiger charge is 2.37. The summed E-state index contributed by atoms with van der Waals surface area (Å²) in [6.07, 6.45) is 0.941. The summed E-state index contributed by atoms with van der Waals surface area (Å²) in [7, 11) is 2.06. The van der Waals surface area contributed by atoms with Gasteiger partial charge in [0.05, 0.1) is 25.0 Å². The monoisotopic (exact) mass is 534 g/mol. The number of likely N-dealkylation sites (N-methyl/N-ethyl adjacent to an activating group) is 1. The van der Waals surface area contributed by atoms with Gasteiger partial charge in [-0.25, -0.2) is 0 Å². The molecule has 0 spiro atoms. The molecule has 1 heterocycles. The summed E-state index contributed by atoms with van der Waals surface area (Å²) >= 11 is 1.03. The van der Waals surface area contributed by atoms with Crippen LogP contribution in [0.15, 0.2) is 30.3 Å². The number of benzene rings is 1. The first-order valence-electron chi connectivity index (χ1n) is 12.9. The van der Waals surface area contributed by atoms with E-state index in [0.717, 1.165) is 43.5 Å². The van der Waals surface area contributed by atoms with Gasteiger partial charge >= 0.3 is 0 Å². The summed E-state index contributed by atoms with van der Waals surface area (Å²) in [6, 6.07) is 8.68. The first-order chi connectivity index (χ1) is 17.6. The summed E-state index contributed by atoms with van der Waals surface area (Å²) in [5.74, 6) is -0.950. The molecule has 1 aliphatic heterocycles. The van der Waals surface area contributed by atoms with Crippen molar-refractivity contribution in [3.63, 3.8) is 0 Å². The van der Waals surface area contributed by atoms with Gasteiger partial charge in [0.1, 0.15) is 17.9 Å². The van der Waals surface area contributed by atoms with Crippen LogP contribution in [0.4, 0.5) is 0 Å². The number of thioether (sulfide) groups is 1. The number of piperazine rings is 1. The number of carbonyl (C=O) groups excluding carboxylic acids is 4.